The number of rotatable bonds is 6. The molecule has 1 heterocycles. The summed E-state index contributed by atoms with van der Waals surface area (Å²) in [5, 5.41) is 3.63. The highest BCUT2D eigenvalue weighted by Gasteiger charge is 2.20. The van der Waals surface area contributed by atoms with E-state index in [9.17, 15) is 0 Å². The lowest BCUT2D eigenvalue weighted by Crippen LogP contribution is -2.50. The minimum Gasteiger partial charge on any atom is -0.378 e. The van der Waals surface area contributed by atoms with Crippen LogP contribution in [0, 0.1) is 0 Å². The SMILES string of the molecule is CCCC(CCC)NC1COC1. The van der Waals surface area contributed by atoms with Crippen LogP contribution in [0.15, 0.2) is 0 Å². The van der Waals surface area contributed by atoms with Crippen LogP contribution < -0.4 is 5.32 Å². The van der Waals surface area contributed by atoms with Gasteiger partial charge in [-0.3, -0.25) is 0 Å². The Hall–Kier alpha value is -0.0800. The smallest absolute Gasteiger partial charge is 0.0643 e. The minimum absolute atomic E-state index is 0.646. The molecule has 1 saturated heterocycles. The molecule has 1 rings (SSSR count). The van der Waals surface area contributed by atoms with Crippen molar-refractivity contribution in [1.29, 1.82) is 0 Å². The molecule has 0 aliphatic carbocycles. The quantitative estimate of drug-likeness (QED) is 0.659. The molecule has 0 aromatic rings. The van der Waals surface area contributed by atoms with Crippen molar-refractivity contribution in [1.82, 2.24) is 5.32 Å². The van der Waals surface area contributed by atoms with E-state index in [-0.39, 0.29) is 0 Å². The fourth-order valence-electron chi connectivity index (χ4n) is 1.67. The normalized spacial score (nSPS) is 18.2. The summed E-state index contributed by atoms with van der Waals surface area (Å²) >= 11 is 0. The third-order valence-corrected chi connectivity index (χ3v) is 2.38. The molecule has 2 heteroatoms. The molecule has 2 nitrogen and oxygen atoms in total. The van der Waals surface area contributed by atoms with Crippen molar-refractivity contribution in [3.8, 4) is 0 Å². The maximum Gasteiger partial charge on any atom is 0.0643 e. The van der Waals surface area contributed by atoms with E-state index < -0.39 is 0 Å². The Morgan fingerprint density at radius 2 is 1.83 bits per heavy atom. The zero-order chi connectivity index (χ0) is 8.81. The third kappa shape index (κ3) is 3.11. The molecule has 0 spiro atoms. The molecule has 1 fully saturated rings. The standard InChI is InChI=1S/C10H21NO/c1-3-5-9(6-4-2)11-10-7-12-8-10/h9-11H,3-8H2,1-2H3. The average Bonchev–Trinajstić information content (AvgIpc) is 1.97. The van der Waals surface area contributed by atoms with E-state index in [1.54, 1.807) is 0 Å². The number of hydrogen-bond donors (Lipinski definition) is 1. The Morgan fingerprint density at radius 3 is 2.17 bits per heavy atom. The lowest BCUT2D eigenvalue weighted by Gasteiger charge is -2.31. The molecule has 1 aliphatic heterocycles. The summed E-state index contributed by atoms with van der Waals surface area (Å²) in [4.78, 5) is 0. The van der Waals surface area contributed by atoms with Gasteiger partial charge in [0.25, 0.3) is 0 Å². The van der Waals surface area contributed by atoms with Gasteiger partial charge in [-0.2, -0.15) is 0 Å². The van der Waals surface area contributed by atoms with Gasteiger partial charge in [0, 0.05) is 6.04 Å². The highest BCUT2D eigenvalue weighted by Crippen LogP contribution is 2.08. The Morgan fingerprint density at radius 1 is 1.25 bits per heavy atom. The first-order valence-electron chi connectivity index (χ1n) is 5.20. The van der Waals surface area contributed by atoms with Gasteiger partial charge in [-0.1, -0.05) is 26.7 Å². The van der Waals surface area contributed by atoms with Gasteiger partial charge < -0.3 is 10.1 Å². The molecule has 0 bridgehead atoms. The van der Waals surface area contributed by atoms with Crippen molar-refractivity contribution in [3.05, 3.63) is 0 Å². The van der Waals surface area contributed by atoms with E-state index in [4.69, 9.17) is 4.74 Å². The first-order chi connectivity index (χ1) is 5.86. The molecule has 0 atom stereocenters. The summed E-state index contributed by atoms with van der Waals surface area (Å²) in [5.41, 5.74) is 0. The summed E-state index contributed by atoms with van der Waals surface area (Å²) in [5.74, 6) is 0. The number of hydrogen-bond acceptors (Lipinski definition) is 2. The third-order valence-electron chi connectivity index (χ3n) is 2.38. The van der Waals surface area contributed by atoms with E-state index >= 15 is 0 Å². The Balaban J connectivity index is 2.11. The highest BCUT2D eigenvalue weighted by atomic mass is 16.5. The van der Waals surface area contributed by atoms with Crippen molar-refractivity contribution in [2.45, 2.75) is 51.6 Å². The van der Waals surface area contributed by atoms with Crippen LogP contribution in [0.5, 0.6) is 0 Å². The predicted molar refractivity (Wildman–Crippen MR) is 51.3 cm³/mol. The summed E-state index contributed by atoms with van der Waals surface area (Å²) < 4.78 is 5.13. The molecule has 1 aliphatic rings. The van der Waals surface area contributed by atoms with Gasteiger partial charge in [-0.05, 0) is 12.8 Å². The molecular weight excluding hydrogens is 150 g/mol. The van der Waals surface area contributed by atoms with E-state index in [0.717, 1.165) is 19.3 Å². The molecule has 0 unspecified atom stereocenters. The van der Waals surface area contributed by atoms with Crippen LogP contribution in [0.1, 0.15) is 39.5 Å². The molecule has 0 aromatic heterocycles. The molecule has 0 amide bonds. The van der Waals surface area contributed by atoms with Gasteiger partial charge in [0.2, 0.25) is 0 Å². The zero-order valence-electron chi connectivity index (χ0n) is 8.31. The van der Waals surface area contributed by atoms with E-state index in [2.05, 4.69) is 19.2 Å². The van der Waals surface area contributed by atoms with Crippen molar-refractivity contribution < 1.29 is 4.74 Å². The Bertz CT molecular complexity index is 106. The van der Waals surface area contributed by atoms with Gasteiger partial charge in [-0.15, -0.1) is 0 Å². The summed E-state index contributed by atoms with van der Waals surface area (Å²) in [6, 6.07) is 1.38. The second kappa shape index (κ2) is 5.55. The Kier molecular flexibility index (Phi) is 4.62. The van der Waals surface area contributed by atoms with Crippen molar-refractivity contribution in [2.24, 2.45) is 0 Å². The molecule has 12 heavy (non-hydrogen) atoms. The van der Waals surface area contributed by atoms with Crippen LogP contribution >= 0.6 is 0 Å². The molecule has 72 valence electrons. The molecule has 0 aromatic carbocycles. The average molecular weight is 171 g/mol. The molecule has 0 radical (unpaired) electrons. The van der Waals surface area contributed by atoms with Crippen LogP contribution in [0.25, 0.3) is 0 Å². The fourth-order valence-corrected chi connectivity index (χ4v) is 1.67. The van der Waals surface area contributed by atoms with Crippen molar-refractivity contribution in [3.63, 3.8) is 0 Å². The van der Waals surface area contributed by atoms with Gasteiger partial charge in [0.05, 0.1) is 19.3 Å². The van der Waals surface area contributed by atoms with Crippen molar-refractivity contribution in [2.75, 3.05) is 13.2 Å². The predicted octanol–water partition coefficient (Wildman–Crippen LogP) is 1.94. The minimum atomic E-state index is 0.646. The van der Waals surface area contributed by atoms with Crippen LogP contribution in [0.3, 0.4) is 0 Å². The number of ether oxygens (including phenoxy) is 1. The maximum atomic E-state index is 5.13. The fraction of sp³-hybridized carbons (Fsp3) is 1.00. The van der Waals surface area contributed by atoms with Gasteiger partial charge in [0.15, 0.2) is 0 Å². The highest BCUT2D eigenvalue weighted by molar-refractivity contribution is 4.78. The number of nitrogens with one attached hydrogen (secondary N) is 1. The van der Waals surface area contributed by atoms with Gasteiger partial charge in [0.1, 0.15) is 0 Å². The second-order valence-corrected chi connectivity index (χ2v) is 3.68. The Labute approximate surface area is 75.7 Å². The molecule has 0 saturated carbocycles. The lowest BCUT2D eigenvalue weighted by atomic mass is 10.1. The van der Waals surface area contributed by atoms with E-state index in [0.29, 0.717) is 6.04 Å². The van der Waals surface area contributed by atoms with Crippen LogP contribution in [-0.4, -0.2) is 25.3 Å². The summed E-state index contributed by atoms with van der Waals surface area (Å²) in [6.45, 7) is 6.34. The summed E-state index contributed by atoms with van der Waals surface area (Å²) in [6.07, 6.45) is 5.19. The first-order valence-corrected chi connectivity index (χ1v) is 5.20. The maximum absolute atomic E-state index is 5.13. The van der Waals surface area contributed by atoms with E-state index in [1.807, 2.05) is 0 Å². The second-order valence-electron chi connectivity index (χ2n) is 3.68. The first kappa shape index (κ1) is 10.0. The van der Waals surface area contributed by atoms with E-state index in [1.165, 1.54) is 25.7 Å². The lowest BCUT2D eigenvalue weighted by molar-refractivity contribution is -0.0109. The molecule has 1 N–H and O–H groups in total. The van der Waals surface area contributed by atoms with Gasteiger partial charge in [-0.25, -0.2) is 0 Å². The topological polar surface area (TPSA) is 21.3 Å². The van der Waals surface area contributed by atoms with Gasteiger partial charge >= 0.3 is 0 Å². The zero-order valence-corrected chi connectivity index (χ0v) is 8.31. The molecular formula is C10H21NO. The van der Waals surface area contributed by atoms with Crippen LogP contribution in [-0.2, 0) is 4.74 Å². The van der Waals surface area contributed by atoms with Crippen molar-refractivity contribution >= 4 is 0 Å². The summed E-state index contributed by atoms with van der Waals surface area (Å²) in [7, 11) is 0. The largest absolute Gasteiger partial charge is 0.378 e. The van der Waals surface area contributed by atoms with Crippen LogP contribution in [0.4, 0.5) is 0 Å². The monoisotopic (exact) mass is 171 g/mol. The van der Waals surface area contributed by atoms with Crippen LogP contribution in [0.2, 0.25) is 0 Å².